The molecule has 0 fully saturated rings. The monoisotopic (exact) mass is 488 g/mol. The van der Waals surface area contributed by atoms with Crippen molar-refractivity contribution in [3.8, 4) is 11.3 Å². The van der Waals surface area contributed by atoms with E-state index in [1.165, 1.54) is 17.4 Å². The topological polar surface area (TPSA) is 85.6 Å². The van der Waals surface area contributed by atoms with Gasteiger partial charge in [0.05, 0.1) is 17.9 Å². The summed E-state index contributed by atoms with van der Waals surface area (Å²) >= 11 is 1.17. The van der Waals surface area contributed by atoms with Gasteiger partial charge in [-0.05, 0) is 32.4 Å². The van der Waals surface area contributed by atoms with Crippen LogP contribution in [0.3, 0.4) is 0 Å². The van der Waals surface area contributed by atoms with Crippen molar-refractivity contribution in [1.29, 1.82) is 0 Å². The lowest BCUT2D eigenvalue weighted by molar-refractivity contribution is -0.142. The van der Waals surface area contributed by atoms with Crippen LogP contribution in [0.25, 0.3) is 16.9 Å². The van der Waals surface area contributed by atoms with Crippen LogP contribution in [-0.2, 0) is 10.9 Å². The standard InChI is InChI=1S/C23H19F3N4O3S/c1-4-33-22(32)19-12(2)13(3)34-21(19)28-20(31)16-11-18-27-15(14-8-6-5-7-9-14)10-17(23(24,25)26)30(18)29-16/h5-11H,4H2,1-3H3,(H,28,31). The highest BCUT2D eigenvalue weighted by atomic mass is 32.1. The van der Waals surface area contributed by atoms with E-state index >= 15 is 0 Å². The Morgan fingerprint density at radius 2 is 1.85 bits per heavy atom. The number of nitrogens with zero attached hydrogens (tertiary/aromatic N) is 3. The van der Waals surface area contributed by atoms with Crippen LogP contribution in [0.15, 0.2) is 42.5 Å². The van der Waals surface area contributed by atoms with Gasteiger partial charge in [0, 0.05) is 16.5 Å². The lowest BCUT2D eigenvalue weighted by atomic mass is 10.1. The Balaban J connectivity index is 1.76. The fraction of sp³-hybridized carbons (Fsp3) is 0.217. The van der Waals surface area contributed by atoms with Crippen molar-refractivity contribution < 1.29 is 27.5 Å². The van der Waals surface area contributed by atoms with Crippen molar-refractivity contribution in [3.63, 3.8) is 0 Å². The summed E-state index contributed by atoms with van der Waals surface area (Å²) in [6, 6.07) is 10.5. The Hall–Kier alpha value is -3.73. The van der Waals surface area contributed by atoms with Crippen LogP contribution in [0.5, 0.6) is 0 Å². The molecule has 4 rings (SSSR count). The predicted octanol–water partition coefficient (Wildman–Crippen LogP) is 5.52. The highest BCUT2D eigenvalue weighted by Gasteiger charge is 2.36. The van der Waals surface area contributed by atoms with Crippen molar-refractivity contribution in [3.05, 3.63) is 69.9 Å². The van der Waals surface area contributed by atoms with E-state index in [-0.39, 0.29) is 34.2 Å². The van der Waals surface area contributed by atoms with Gasteiger partial charge < -0.3 is 10.1 Å². The zero-order valence-corrected chi connectivity index (χ0v) is 19.2. The van der Waals surface area contributed by atoms with Crippen molar-refractivity contribution in [2.24, 2.45) is 0 Å². The maximum atomic E-state index is 13.8. The van der Waals surface area contributed by atoms with Crippen LogP contribution >= 0.6 is 11.3 Å². The van der Waals surface area contributed by atoms with E-state index in [1.54, 1.807) is 51.1 Å². The fourth-order valence-electron chi connectivity index (χ4n) is 3.38. The van der Waals surface area contributed by atoms with Gasteiger partial charge in [0.25, 0.3) is 5.91 Å². The number of amides is 1. The maximum absolute atomic E-state index is 13.8. The predicted molar refractivity (Wildman–Crippen MR) is 121 cm³/mol. The quantitative estimate of drug-likeness (QED) is 0.374. The third kappa shape index (κ3) is 4.38. The van der Waals surface area contributed by atoms with Gasteiger partial charge in [0.2, 0.25) is 0 Å². The van der Waals surface area contributed by atoms with Gasteiger partial charge >= 0.3 is 12.1 Å². The first-order chi connectivity index (χ1) is 16.1. The Morgan fingerprint density at radius 1 is 1.15 bits per heavy atom. The summed E-state index contributed by atoms with van der Waals surface area (Å²) in [6.45, 7) is 5.33. The average Bonchev–Trinajstić information content (AvgIpc) is 3.34. The largest absolute Gasteiger partial charge is 0.462 e. The molecule has 4 aromatic rings. The number of carbonyl (C=O) groups is 2. The van der Waals surface area contributed by atoms with Gasteiger partial charge in [-0.25, -0.2) is 14.3 Å². The smallest absolute Gasteiger partial charge is 0.433 e. The number of hydrogen-bond acceptors (Lipinski definition) is 6. The number of rotatable bonds is 5. The number of benzene rings is 1. The summed E-state index contributed by atoms with van der Waals surface area (Å²) in [7, 11) is 0. The fourth-order valence-corrected chi connectivity index (χ4v) is 4.42. The summed E-state index contributed by atoms with van der Waals surface area (Å²) in [5.41, 5.74) is -0.0212. The molecule has 11 heteroatoms. The van der Waals surface area contributed by atoms with Gasteiger partial charge in [-0.15, -0.1) is 11.3 Å². The van der Waals surface area contributed by atoms with Crippen molar-refractivity contribution >= 4 is 33.9 Å². The van der Waals surface area contributed by atoms with Crippen LogP contribution in [0.4, 0.5) is 18.2 Å². The number of hydrogen-bond donors (Lipinski definition) is 1. The molecule has 0 unspecified atom stereocenters. The zero-order valence-electron chi connectivity index (χ0n) is 18.4. The van der Waals surface area contributed by atoms with E-state index in [2.05, 4.69) is 15.4 Å². The Bertz CT molecular complexity index is 1390. The number of nitrogens with one attached hydrogen (secondary N) is 1. The first-order valence-electron chi connectivity index (χ1n) is 10.2. The van der Waals surface area contributed by atoms with Crippen LogP contribution in [0.2, 0.25) is 0 Å². The third-order valence-corrected chi connectivity index (χ3v) is 6.23. The van der Waals surface area contributed by atoms with Crippen LogP contribution in [0.1, 0.15) is 43.9 Å². The summed E-state index contributed by atoms with van der Waals surface area (Å²) in [4.78, 5) is 30.3. The molecule has 3 aromatic heterocycles. The summed E-state index contributed by atoms with van der Waals surface area (Å²) in [6.07, 6.45) is -4.73. The SMILES string of the molecule is CCOC(=O)c1c(NC(=O)c2cc3nc(-c4ccccc4)cc(C(F)(F)F)n3n2)sc(C)c1C. The Kier molecular flexibility index (Phi) is 6.13. The van der Waals surface area contributed by atoms with Gasteiger partial charge in [-0.1, -0.05) is 30.3 Å². The second-order valence-corrected chi connectivity index (χ2v) is 8.58. The molecule has 0 aliphatic heterocycles. The molecular formula is C23H19F3N4O3S. The summed E-state index contributed by atoms with van der Waals surface area (Å²) in [5.74, 6) is -1.37. The van der Waals surface area contributed by atoms with E-state index < -0.39 is 23.7 Å². The molecule has 0 aliphatic rings. The number of thiophene rings is 1. The minimum Gasteiger partial charge on any atom is -0.462 e. The molecular weight excluding hydrogens is 469 g/mol. The summed E-state index contributed by atoms with van der Waals surface area (Å²) < 4.78 is 47.0. The molecule has 1 amide bonds. The first kappa shape index (κ1) is 23.4. The average molecular weight is 488 g/mol. The van der Waals surface area contributed by atoms with E-state index in [0.717, 1.165) is 10.9 Å². The van der Waals surface area contributed by atoms with E-state index in [0.29, 0.717) is 15.6 Å². The molecule has 0 saturated carbocycles. The van der Waals surface area contributed by atoms with E-state index in [9.17, 15) is 22.8 Å². The van der Waals surface area contributed by atoms with E-state index in [4.69, 9.17) is 4.74 Å². The Morgan fingerprint density at radius 3 is 2.50 bits per heavy atom. The molecule has 0 aliphatic carbocycles. The number of anilines is 1. The highest BCUT2D eigenvalue weighted by molar-refractivity contribution is 7.16. The van der Waals surface area contributed by atoms with Crippen molar-refractivity contribution in [1.82, 2.24) is 14.6 Å². The number of aromatic nitrogens is 3. The molecule has 0 bridgehead atoms. The molecule has 7 nitrogen and oxygen atoms in total. The van der Waals surface area contributed by atoms with Crippen LogP contribution in [-0.4, -0.2) is 33.1 Å². The van der Waals surface area contributed by atoms with Gasteiger partial charge in [0.1, 0.15) is 5.00 Å². The second-order valence-electron chi connectivity index (χ2n) is 7.35. The normalized spacial score (nSPS) is 11.6. The molecule has 3 heterocycles. The zero-order chi connectivity index (χ0) is 24.6. The number of alkyl halides is 3. The van der Waals surface area contributed by atoms with Crippen LogP contribution in [0, 0.1) is 13.8 Å². The molecule has 1 N–H and O–H groups in total. The molecule has 0 saturated heterocycles. The number of aryl methyl sites for hydroxylation is 1. The molecule has 0 radical (unpaired) electrons. The first-order valence-corrected chi connectivity index (χ1v) is 11.0. The maximum Gasteiger partial charge on any atom is 0.433 e. The number of halogens is 3. The Labute approximate surface area is 196 Å². The summed E-state index contributed by atoms with van der Waals surface area (Å²) in [5, 5.41) is 6.69. The van der Waals surface area contributed by atoms with Gasteiger partial charge in [0.15, 0.2) is 17.0 Å². The molecule has 0 spiro atoms. The molecule has 1 aromatic carbocycles. The highest BCUT2D eigenvalue weighted by Crippen LogP contribution is 2.34. The number of fused-ring (bicyclic) bond motifs is 1. The lowest BCUT2D eigenvalue weighted by Crippen LogP contribution is -2.17. The molecule has 0 atom stereocenters. The minimum absolute atomic E-state index is 0.0985. The number of carbonyl (C=O) groups excluding carboxylic acids is 2. The number of ether oxygens (including phenoxy) is 1. The molecule has 34 heavy (non-hydrogen) atoms. The van der Waals surface area contributed by atoms with Crippen LogP contribution < -0.4 is 5.32 Å². The third-order valence-electron chi connectivity index (χ3n) is 5.11. The minimum atomic E-state index is -4.73. The number of esters is 1. The van der Waals surface area contributed by atoms with Crippen molar-refractivity contribution in [2.75, 3.05) is 11.9 Å². The van der Waals surface area contributed by atoms with Gasteiger partial charge in [-0.2, -0.15) is 18.3 Å². The van der Waals surface area contributed by atoms with E-state index in [1.807, 2.05) is 0 Å². The molecule has 176 valence electrons. The lowest BCUT2D eigenvalue weighted by Gasteiger charge is -2.11. The van der Waals surface area contributed by atoms with Gasteiger partial charge in [-0.3, -0.25) is 4.79 Å². The second kappa shape index (κ2) is 8.90. The van der Waals surface area contributed by atoms with Crippen molar-refractivity contribution in [2.45, 2.75) is 26.9 Å².